The van der Waals surface area contributed by atoms with Crippen LogP contribution in [0.3, 0.4) is 0 Å². The summed E-state index contributed by atoms with van der Waals surface area (Å²) >= 11 is 0. The molecule has 1 saturated carbocycles. The molecule has 3 heteroatoms. The van der Waals surface area contributed by atoms with Crippen molar-refractivity contribution >= 4 is 5.91 Å². The number of rotatable bonds is 4. The van der Waals surface area contributed by atoms with Crippen LogP contribution in [0.4, 0.5) is 0 Å². The van der Waals surface area contributed by atoms with Gasteiger partial charge in [0.1, 0.15) is 0 Å². The zero-order chi connectivity index (χ0) is 11.3. The van der Waals surface area contributed by atoms with Gasteiger partial charge in [-0.1, -0.05) is 19.3 Å². The molecule has 0 atom stereocenters. The summed E-state index contributed by atoms with van der Waals surface area (Å²) in [5.74, 6) is 0.204. The molecule has 1 amide bonds. The smallest absolute Gasteiger partial charge is 0.236 e. The molecule has 0 aromatic carbocycles. The van der Waals surface area contributed by atoms with Crippen molar-refractivity contribution in [2.45, 2.75) is 58.0 Å². The molecule has 0 unspecified atom stereocenters. The van der Waals surface area contributed by atoms with E-state index in [0.29, 0.717) is 18.6 Å². The minimum atomic E-state index is 0.204. The zero-order valence-electron chi connectivity index (χ0n) is 10.3. The maximum atomic E-state index is 11.7. The van der Waals surface area contributed by atoms with Gasteiger partial charge in [-0.2, -0.15) is 0 Å². The molecule has 3 nitrogen and oxygen atoms in total. The fourth-order valence-corrected chi connectivity index (χ4v) is 1.95. The molecule has 1 aliphatic carbocycles. The minimum absolute atomic E-state index is 0.204. The monoisotopic (exact) mass is 212 g/mol. The zero-order valence-corrected chi connectivity index (χ0v) is 10.3. The van der Waals surface area contributed by atoms with E-state index < -0.39 is 0 Å². The first-order valence-electron chi connectivity index (χ1n) is 6.10. The molecule has 0 bridgehead atoms. The van der Waals surface area contributed by atoms with Crippen LogP contribution in [0.2, 0.25) is 0 Å². The van der Waals surface area contributed by atoms with E-state index in [2.05, 4.69) is 5.32 Å². The molecule has 0 radical (unpaired) electrons. The van der Waals surface area contributed by atoms with Crippen LogP contribution < -0.4 is 5.32 Å². The molecule has 1 rings (SSSR count). The highest BCUT2D eigenvalue weighted by atomic mass is 16.2. The lowest BCUT2D eigenvalue weighted by Crippen LogP contribution is -2.43. The fraction of sp³-hybridized carbons (Fsp3) is 0.917. The highest BCUT2D eigenvalue weighted by molar-refractivity contribution is 5.78. The summed E-state index contributed by atoms with van der Waals surface area (Å²) in [4.78, 5) is 13.5. The Kier molecular flexibility index (Phi) is 5.09. The maximum Gasteiger partial charge on any atom is 0.236 e. The number of hydrogen-bond donors (Lipinski definition) is 1. The third-order valence-corrected chi connectivity index (χ3v) is 3.32. The van der Waals surface area contributed by atoms with Crippen molar-refractivity contribution in [2.75, 3.05) is 13.6 Å². The molecular formula is C12H24N2O. The normalized spacial score (nSPS) is 18.1. The minimum Gasteiger partial charge on any atom is -0.342 e. The number of carbonyl (C=O) groups is 1. The molecule has 0 spiro atoms. The Labute approximate surface area is 93.2 Å². The predicted octanol–water partition coefficient (Wildman–Crippen LogP) is 1.78. The van der Waals surface area contributed by atoms with Gasteiger partial charge in [0.2, 0.25) is 5.91 Å². The number of hydrogen-bond acceptors (Lipinski definition) is 2. The first kappa shape index (κ1) is 12.5. The Balaban J connectivity index is 2.20. The molecule has 0 aliphatic heterocycles. The summed E-state index contributed by atoms with van der Waals surface area (Å²) in [6.07, 6.45) is 6.45. The molecule has 0 aromatic rings. The van der Waals surface area contributed by atoms with E-state index in [4.69, 9.17) is 0 Å². The number of amides is 1. The third kappa shape index (κ3) is 4.20. The molecule has 1 N–H and O–H groups in total. The summed E-state index contributed by atoms with van der Waals surface area (Å²) in [5.41, 5.74) is 0. The average molecular weight is 212 g/mol. The maximum absolute atomic E-state index is 11.7. The van der Waals surface area contributed by atoms with Crippen LogP contribution in [0, 0.1) is 0 Å². The van der Waals surface area contributed by atoms with Gasteiger partial charge in [-0.05, 0) is 26.7 Å². The molecule has 0 heterocycles. The molecule has 1 aliphatic rings. The number of nitrogens with one attached hydrogen (secondary N) is 1. The van der Waals surface area contributed by atoms with Crippen LogP contribution in [0.15, 0.2) is 0 Å². The Morgan fingerprint density at radius 1 is 1.33 bits per heavy atom. The Morgan fingerprint density at radius 2 is 1.93 bits per heavy atom. The second kappa shape index (κ2) is 6.11. The van der Waals surface area contributed by atoms with Gasteiger partial charge in [-0.25, -0.2) is 0 Å². The van der Waals surface area contributed by atoms with Crippen molar-refractivity contribution in [1.29, 1.82) is 0 Å². The lowest BCUT2D eigenvalue weighted by atomic mass is 9.95. The Bertz CT molecular complexity index is 198. The lowest BCUT2D eigenvalue weighted by molar-refractivity contribution is -0.130. The summed E-state index contributed by atoms with van der Waals surface area (Å²) in [6, 6.07) is 0.869. The van der Waals surface area contributed by atoms with E-state index in [-0.39, 0.29) is 5.91 Å². The van der Waals surface area contributed by atoms with E-state index in [1.165, 1.54) is 32.1 Å². The predicted molar refractivity (Wildman–Crippen MR) is 62.8 cm³/mol. The van der Waals surface area contributed by atoms with Gasteiger partial charge in [0.05, 0.1) is 6.54 Å². The standard InChI is InChI=1S/C12H24N2O/c1-10(2)14(3)12(15)9-13-11-7-5-4-6-8-11/h10-11,13H,4-9H2,1-3H3. The SMILES string of the molecule is CC(C)N(C)C(=O)CNC1CCCCC1. The van der Waals surface area contributed by atoms with Crippen molar-refractivity contribution in [3.8, 4) is 0 Å². The molecule has 15 heavy (non-hydrogen) atoms. The van der Waals surface area contributed by atoms with Gasteiger partial charge in [0.25, 0.3) is 0 Å². The first-order valence-corrected chi connectivity index (χ1v) is 6.10. The van der Waals surface area contributed by atoms with Crippen LogP contribution in [-0.4, -0.2) is 36.5 Å². The van der Waals surface area contributed by atoms with Crippen LogP contribution >= 0.6 is 0 Å². The average Bonchev–Trinajstić information content (AvgIpc) is 2.26. The number of nitrogens with zero attached hydrogens (tertiary/aromatic N) is 1. The van der Waals surface area contributed by atoms with Gasteiger partial charge in [0, 0.05) is 19.1 Å². The largest absolute Gasteiger partial charge is 0.342 e. The second-order valence-corrected chi connectivity index (χ2v) is 4.81. The molecule has 1 fully saturated rings. The van der Waals surface area contributed by atoms with Crippen LogP contribution in [0.5, 0.6) is 0 Å². The van der Waals surface area contributed by atoms with E-state index in [0.717, 1.165) is 0 Å². The molecule has 0 saturated heterocycles. The van der Waals surface area contributed by atoms with Crippen LogP contribution in [-0.2, 0) is 4.79 Å². The van der Waals surface area contributed by atoms with Gasteiger partial charge in [-0.15, -0.1) is 0 Å². The van der Waals surface area contributed by atoms with Crippen molar-refractivity contribution in [3.63, 3.8) is 0 Å². The van der Waals surface area contributed by atoms with Gasteiger partial charge >= 0.3 is 0 Å². The Morgan fingerprint density at radius 3 is 2.47 bits per heavy atom. The lowest BCUT2D eigenvalue weighted by Gasteiger charge is -2.26. The van der Waals surface area contributed by atoms with E-state index in [1.807, 2.05) is 20.9 Å². The number of likely N-dealkylation sites (N-methyl/N-ethyl adjacent to an activating group) is 1. The second-order valence-electron chi connectivity index (χ2n) is 4.81. The fourth-order valence-electron chi connectivity index (χ4n) is 1.95. The van der Waals surface area contributed by atoms with E-state index >= 15 is 0 Å². The highest BCUT2D eigenvalue weighted by Crippen LogP contribution is 2.17. The van der Waals surface area contributed by atoms with E-state index in [1.54, 1.807) is 4.90 Å². The van der Waals surface area contributed by atoms with Gasteiger partial charge in [0.15, 0.2) is 0 Å². The molecule has 0 aromatic heterocycles. The van der Waals surface area contributed by atoms with Gasteiger partial charge < -0.3 is 10.2 Å². The van der Waals surface area contributed by atoms with Crippen molar-refractivity contribution < 1.29 is 4.79 Å². The van der Waals surface area contributed by atoms with Gasteiger partial charge in [-0.3, -0.25) is 4.79 Å². The number of carbonyl (C=O) groups excluding carboxylic acids is 1. The third-order valence-electron chi connectivity index (χ3n) is 3.32. The quantitative estimate of drug-likeness (QED) is 0.770. The van der Waals surface area contributed by atoms with Crippen molar-refractivity contribution in [2.24, 2.45) is 0 Å². The summed E-state index contributed by atoms with van der Waals surface area (Å²) in [5, 5.41) is 3.37. The van der Waals surface area contributed by atoms with Crippen molar-refractivity contribution in [1.82, 2.24) is 10.2 Å². The topological polar surface area (TPSA) is 32.3 Å². The molecule has 88 valence electrons. The summed E-state index contributed by atoms with van der Waals surface area (Å²) in [7, 11) is 1.87. The first-order chi connectivity index (χ1) is 7.11. The summed E-state index contributed by atoms with van der Waals surface area (Å²) in [6.45, 7) is 4.58. The molecular weight excluding hydrogens is 188 g/mol. The van der Waals surface area contributed by atoms with Crippen LogP contribution in [0.1, 0.15) is 46.0 Å². The Hall–Kier alpha value is -0.570. The van der Waals surface area contributed by atoms with E-state index in [9.17, 15) is 4.79 Å². The van der Waals surface area contributed by atoms with Crippen molar-refractivity contribution in [3.05, 3.63) is 0 Å². The summed E-state index contributed by atoms with van der Waals surface area (Å²) < 4.78 is 0. The highest BCUT2D eigenvalue weighted by Gasteiger charge is 2.16. The van der Waals surface area contributed by atoms with Crippen LogP contribution in [0.25, 0.3) is 0 Å².